The first-order valence-electron chi connectivity index (χ1n) is 7.17. The minimum absolute atomic E-state index is 0.262. The summed E-state index contributed by atoms with van der Waals surface area (Å²) in [5.41, 5.74) is 3.71. The number of aryl methyl sites for hydroxylation is 2. The fraction of sp³-hybridized carbons (Fsp3) is 0.562. The van der Waals surface area contributed by atoms with Gasteiger partial charge in [0.15, 0.2) is 5.78 Å². The van der Waals surface area contributed by atoms with E-state index < -0.39 is 0 Å². The van der Waals surface area contributed by atoms with Crippen molar-refractivity contribution in [2.45, 2.75) is 38.2 Å². The third kappa shape index (κ3) is 3.21. The van der Waals surface area contributed by atoms with Gasteiger partial charge in [0.05, 0.1) is 11.9 Å². The van der Waals surface area contributed by atoms with Crippen LogP contribution in [0, 0.1) is 0 Å². The lowest BCUT2D eigenvalue weighted by molar-refractivity contribution is 0.102. The Kier molecular flexibility index (Phi) is 4.24. The van der Waals surface area contributed by atoms with E-state index in [9.17, 15) is 4.79 Å². The summed E-state index contributed by atoms with van der Waals surface area (Å²) in [6.07, 6.45) is 6.25. The monoisotopic (exact) mass is 276 g/mol. The Labute approximate surface area is 118 Å². The van der Waals surface area contributed by atoms with Gasteiger partial charge in [0.25, 0.3) is 0 Å². The van der Waals surface area contributed by atoms with Crippen molar-refractivity contribution in [3.05, 3.63) is 34.9 Å². The van der Waals surface area contributed by atoms with Gasteiger partial charge in [0.2, 0.25) is 0 Å². The predicted octanol–water partition coefficient (Wildman–Crippen LogP) is 3.27. The van der Waals surface area contributed by atoms with Gasteiger partial charge in [-0.2, -0.15) is 11.8 Å². The molecule has 1 aromatic rings. The standard InChI is InChI=1S/C16H20O2S/c17-16(11-19-10-15-5-2-8-18-15)14-7-6-12-3-1-4-13(12)9-14/h6-7,9,15H,1-5,8,10-11H2. The van der Waals surface area contributed by atoms with E-state index in [0.717, 1.165) is 30.8 Å². The van der Waals surface area contributed by atoms with Crippen molar-refractivity contribution < 1.29 is 9.53 Å². The first-order chi connectivity index (χ1) is 9.33. The number of hydrogen-bond acceptors (Lipinski definition) is 3. The van der Waals surface area contributed by atoms with Gasteiger partial charge in [-0.25, -0.2) is 0 Å². The van der Waals surface area contributed by atoms with E-state index in [0.29, 0.717) is 11.9 Å². The first-order valence-corrected chi connectivity index (χ1v) is 8.33. The zero-order valence-electron chi connectivity index (χ0n) is 11.2. The molecule has 0 spiro atoms. The van der Waals surface area contributed by atoms with Gasteiger partial charge in [-0.15, -0.1) is 0 Å². The van der Waals surface area contributed by atoms with Crippen molar-refractivity contribution in [2.75, 3.05) is 18.1 Å². The molecule has 0 N–H and O–H groups in total. The second-order valence-electron chi connectivity index (χ2n) is 5.41. The number of hydrogen-bond donors (Lipinski definition) is 0. The maximum atomic E-state index is 12.2. The molecule has 1 aliphatic heterocycles. The average Bonchev–Trinajstić information content (AvgIpc) is 3.08. The zero-order valence-corrected chi connectivity index (χ0v) is 12.0. The lowest BCUT2D eigenvalue weighted by Crippen LogP contribution is -2.11. The number of rotatable bonds is 5. The van der Waals surface area contributed by atoms with E-state index in [2.05, 4.69) is 12.1 Å². The number of carbonyl (C=O) groups excluding carboxylic acids is 1. The van der Waals surface area contributed by atoms with Crippen LogP contribution in [0.15, 0.2) is 18.2 Å². The number of benzene rings is 1. The highest BCUT2D eigenvalue weighted by Gasteiger charge is 2.17. The maximum Gasteiger partial charge on any atom is 0.172 e. The molecule has 1 heterocycles. The Bertz CT molecular complexity index is 464. The fourth-order valence-electron chi connectivity index (χ4n) is 2.89. The summed E-state index contributed by atoms with van der Waals surface area (Å²) in [6.45, 7) is 0.893. The third-order valence-electron chi connectivity index (χ3n) is 3.98. The molecule has 2 aliphatic rings. The van der Waals surface area contributed by atoms with Gasteiger partial charge >= 0.3 is 0 Å². The average molecular weight is 276 g/mol. The Hall–Kier alpha value is -0.800. The predicted molar refractivity (Wildman–Crippen MR) is 79.1 cm³/mol. The number of fused-ring (bicyclic) bond motifs is 1. The second kappa shape index (κ2) is 6.10. The molecule has 0 amide bonds. The summed E-state index contributed by atoms with van der Waals surface area (Å²) in [7, 11) is 0. The lowest BCUT2D eigenvalue weighted by Gasteiger charge is -2.08. The van der Waals surface area contributed by atoms with Crippen LogP contribution < -0.4 is 0 Å². The number of Topliss-reactive ketones (excluding diaryl/α,β-unsaturated/α-hetero) is 1. The van der Waals surface area contributed by atoms with Crippen LogP contribution in [0.25, 0.3) is 0 Å². The van der Waals surface area contributed by atoms with Crippen LogP contribution in [0.4, 0.5) is 0 Å². The molecule has 0 saturated carbocycles. The number of ketones is 1. The van der Waals surface area contributed by atoms with Crippen LogP contribution in [0.5, 0.6) is 0 Å². The molecule has 0 aromatic heterocycles. The van der Waals surface area contributed by atoms with Crippen LogP contribution in [-0.2, 0) is 17.6 Å². The Balaban J connectivity index is 1.52. The van der Waals surface area contributed by atoms with E-state index in [1.165, 1.54) is 30.4 Å². The molecular formula is C16H20O2S. The highest BCUT2D eigenvalue weighted by Crippen LogP contribution is 2.24. The largest absolute Gasteiger partial charge is 0.377 e. The lowest BCUT2D eigenvalue weighted by atomic mass is 10.0. The van der Waals surface area contributed by atoms with E-state index in [-0.39, 0.29) is 5.78 Å². The quantitative estimate of drug-likeness (QED) is 0.772. The number of ether oxygens (including phenoxy) is 1. The first kappa shape index (κ1) is 13.2. The SMILES string of the molecule is O=C(CSCC1CCCO1)c1ccc2c(c1)CCC2. The topological polar surface area (TPSA) is 26.3 Å². The van der Waals surface area contributed by atoms with Crippen LogP contribution >= 0.6 is 11.8 Å². The van der Waals surface area contributed by atoms with Gasteiger partial charge in [-0.3, -0.25) is 4.79 Å². The van der Waals surface area contributed by atoms with Crippen molar-refractivity contribution >= 4 is 17.5 Å². The second-order valence-corrected chi connectivity index (χ2v) is 6.44. The molecule has 1 fully saturated rings. The molecule has 3 rings (SSSR count). The smallest absolute Gasteiger partial charge is 0.172 e. The molecule has 1 saturated heterocycles. The summed E-state index contributed by atoms with van der Waals surface area (Å²) in [4.78, 5) is 12.2. The van der Waals surface area contributed by atoms with Crippen LogP contribution in [0.2, 0.25) is 0 Å². The summed E-state index contributed by atoms with van der Waals surface area (Å²) >= 11 is 1.71. The molecule has 1 unspecified atom stereocenters. The Morgan fingerprint density at radius 1 is 1.26 bits per heavy atom. The van der Waals surface area contributed by atoms with Crippen molar-refractivity contribution in [2.24, 2.45) is 0 Å². The Morgan fingerprint density at radius 3 is 3.00 bits per heavy atom. The molecule has 19 heavy (non-hydrogen) atoms. The third-order valence-corrected chi connectivity index (χ3v) is 5.06. The fourth-order valence-corrected chi connectivity index (χ4v) is 3.88. The van der Waals surface area contributed by atoms with Crippen molar-refractivity contribution in [3.63, 3.8) is 0 Å². The van der Waals surface area contributed by atoms with Gasteiger partial charge in [0, 0.05) is 17.9 Å². The highest BCUT2D eigenvalue weighted by atomic mass is 32.2. The molecular weight excluding hydrogens is 256 g/mol. The molecule has 0 bridgehead atoms. The van der Waals surface area contributed by atoms with Crippen LogP contribution in [0.3, 0.4) is 0 Å². The van der Waals surface area contributed by atoms with Crippen LogP contribution in [0.1, 0.15) is 40.7 Å². The van der Waals surface area contributed by atoms with E-state index in [1.54, 1.807) is 11.8 Å². The van der Waals surface area contributed by atoms with Crippen molar-refractivity contribution in [1.82, 2.24) is 0 Å². The summed E-state index contributed by atoms with van der Waals surface area (Å²) in [6, 6.07) is 6.25. The molecule has 1 aromatic carbocycles. The minimum Gasteiger partial charge on any atom is -0.377 e. The maximum absolute atomic E-state index is 12.2. The van der Waals surface area contributed by atoms with E-state index in [1.807, 2.05) is 6.07 Å². The molecule has 1 aliphatic carbocycles. The van der Waals surface area contributed by atoms with Crippen molar-refractivity contribution in [1.29, 1.82) is 0 Å². The van der Waals surface area contributed by atoms with Gasteiger partial charge < -0.3 is 4.74 Å². The molecule has 2 nitrogen and oxygen atoms in total. The van der Waals surface area contributed by atoms with Gasteiger partial charge in [0.1, 0.15) is 0 Å². The number of thioether (sulfide) groups is 1. The Morgan fingerprint density at radius 2 is 2.16 bits per heavy atom. The van der Waals surface area contributed by atoms with Gasteiger partial charge in [-0.1, -0.05) is 12.1 Å². The molecule has 3 heteroatoms. The van der Waals surface area contributed by atoms with Gasteiger partial charge in [-0.05, 0) is 49.3 Å². The molecule has 102 valence electrons. The van der Waals surface area contributed by atoms with E-state index >= 15 is 0 Å². The minimum atomic E-state index is 0.262. The molecule has 1 atom stereocenters. The highest BCUT2D eigenvalue weighted by molar-refractivity contribution is 8.00. The molecule has 0 radical (unpaired) electrons. The zero-order chi connectivity index (χ0) is 13.1. The normalized spacial score (nSPS) is 21.6. The summed E-state index contributed by atoms with van der Waals surface area (Å²) in [5.74, 6) is 1.80. The van der Waals surface area contributed by atoms with Crippen LogP contribution in [-0.4, -0.2) is 30.0 Å². The van der Waals surface area contributed by atoms with E-state index in [4.69, 9.17) is 4.74 Å². The van der Waals surface area contributed by atoms with Crippen molar-refractivity contribution in [3.8, 4) is 0 Å². The summed E-state index contributed by atoms with van der Waals surface area (Å²) in [5, 5.41) is 0. The number of carbonyl (C=O) groups is 1. The summed E-state index contributed by atoms with van der Waals surface area (Å²) < 4.78 is 5.57.